The van der Waals surface area contributed by atoms with Crippen LogP contribution in [-0.2, 0) is 9.53 Å². The number of aromatic nitrogens is 1. The Kier molecular flexibility index (Phi) is 11.7. The van der Waals surface area contributed by atoms with Crippen molar-refractivity contribution in [2.45, 2.75) is 13.3 Å². The van der Waals surface area contributed by atoms with Gasteiger partial charge in [-0.1, -0.05) is 11.3 Å². The Morgan fingerprint density at radius 3 is 2.46 bits per heavy atom. The first-order chi connectivity index (χ1) is 18.6. The van der Waals surface area contributed by atoms with Crippen molar-refractivity contribution in [3.8, 4) is 23.0 Å². The lowest BCUT2D eigenvalue weighted by molar-refractivity contribution is -0.114. The number of anilines is 1. The largest absolute Gasteiger partial charge is 0.494 e. The highest BCUT2D eigenvalue weighted by Gasteiger charge is 2.20. The van der Waals surface area contributed by atoms with Gasteiger partial charge < -0.3 is 23.7 Å². The molecule has 1 aliphatic rings. The molecule has 1 amide bonds. The van der Waals surface area contributed by atoms with Gasteiger partial charge in [-0.2, -0.15) is 0 Å². The number of carbonyl (C=O) groups is 1. The number of methoxy groups -OCH3 is 3. The van der Waals surface area contributed by atoms with E-state index < -0.39 is 0 Å². The van der Waals surface area contributed by atoms with Crippen molar-refractivity contribution in [3.05, 3.63) is 42.0 Å². The topological polar surface area (TPSA) is 82.6 Å². The predicted octanol–water partition coefficient (Wildman–Crippen LogP) is 4.91. The van der Waals surface area contributed by atoms with Gasteiger partial charge in [-0.25, -0.2) is 4.98 Å². The normalized spacial score (nSPS) is 13.7. The second kappa shape index (κ2) is 14.9. The van der Waals surface area contributed by atoms with Gasteiger partial charge in [0, 0.05) is 32.3 Å². The molecule has 1 fully saturated rings. The molecule has 11 heteroatoms. The number of nitrogens with zero attached hydrogens (tertiary/aromatic N) is 3. The van der Waals surface area contributed by atoms with Crippen LogP contribution in [0.5, 0.6) is 23.0 Å². The average Bonchev–Trinajstić information content (AvgIpc) is 3.37. The number of carbonyl (C=O) groups excluding carboxylic acids is 1. The van der Waals surface area contributed by atoms with Crippen LogP contribution in [0, 0.1) is 0 Å². The van der Waals surface area contributed by atoms with Crippen molar-refractivity contribution < 1.29 is 28.5 Å². The standard InChI is InChI=1S/C28H35N3O6S.ClH/c1-5-37-21-8-9-22-25(19-21)38-28(29-22)31(12-6-11-30-13-15-36-16-14-30)26(32)10-7-20-17-23(33-2)27(35-4)24(18-20)34-3;/h7-10,17-19H,5-6,11-16H2,1-4H3;1H/b10-7+;. The van der Waals surface area contributed by atoms with Crippen LogP contribution in [0.4, 0.5) is 5.13 Å². The summed E-state index contributed by atoms with van der Waals surface area (Å²) in [5.74, 6) is 2.20. The molecule has 0 radical (unpaired) electrons. The van der Waals surface area contributed by atoms with Crippen molar-refractivity contribution in [1.29, 1.82) is 0 Å². The molecule has 3 aromatic rings. The molecule has 1 aliphatic heterocycles. The van der Waals surface area contributed by atoms with Crippen molar-refractivity contribution in [3.63, 3.8) is 0 Å². The number of thiazole rings is 1. The zero-order chi connectivity index (χ0) is 26.9. The minimum Gasteiger partial charge on any atom is -0.494 e. The van der Waals surface area contributed by atoms with E-state index in [0.717, 1.165) is 60.8 Å². The Morgan fingerprint density at radius 1 is 1.10 bits per heavy atom. The van der Waals surface area contributed by atoms with Gasteiger partial charge in [0.15, 0.2) is 16.6 Å². The van der Waals surface area contributed by atoms with Crippen LogP contribution < -0.4 is 23.8 Å². The van der Waals surface area contributed by atoms with E-state index in [9.17, 15) is 4.79 Å². The molecular weight excluding hydrogens is 542 g/mol. The molecule has 212 valence electrons. The number of morpholine rings is 1. The van der Waals surface area contributed by atoms with Gasteiger partial charge in [0.25, 0.3) is 5.91 Å². The summed E-state index contributed by atoms with van der Waals surface area (Å²) >= 11 is 1.49. The molecule has 2 aromatic carbocycles. The third kappa shape index (κ3) is 7.76. The fraction of sp³-hybridized carbons (Fsp3) is 0.429. The molecule has 0 atom stereocenters. The van der Waals surface area contributed by atoms with Crippen LogP contribution in [-0.4, -0.2) is 83.1 Å². The van der Waals surface area contributed by atoms with Crippen LogP contribution >= 0.6 is 23.7 Å². The first-order valence-corrected chi connectivity index (χ1v) is 13.5. The summed E-state index contributed by atoms with van der Waals surface area (Å²) in [7, 11) is 4.69. The van der Waals surface area contributed by atoms with Gasteiger partial charge in [0.2, 0.25) is 5.75 Å². The van der Waals surface area contributed by atoms with Crippen LogP contribution in [0.3, 0.4) is 0 Å². The predicted molar refractivity (Wildman–Crippen MR) is 157 cm³/mol. The minimum atomic E-state index is -0.148. The summed E-state index contributed by atoms with van der Waals surface area (Å²) in [5.41, 5.74) is 1.60. The number of ether oxygens (including phenoxy) is 5. The first-order valence-electron chi connectivity index (χ1n) is 12.7. The van der Waals surface area contributed by atoms with Gasteiger partial charge in [-0.3, -0.25) is 14.6 Å². The van der Waals surface area contributed by atoms with E-state index in [4.69, 9.17) is 28.7 Å². The fourth-order valence-electron chi connectivity index (χ4n) is 4.30. The summed E-state index contributed by atoms with van der Waals surface area (Å²) in [6, 6.07) is 9.43. The number of hydrogen-bond acceptors (Lipinski definition) is 9. The number of amides is 1. The highest BCUT2D eigenvalue weighted by Crippen LogP contribution is 2.38. The Hall–Kier alpha value is -3.05. The van der Waals surface area contributed by atoms with E-state index in [1.165, 1.54) is 11.3 Å². The SMILES string of the molecule is CCOc1ccc2nc(N(CCCN3CCOCC3)C(=O)/C=C/c3cc(OC)c(OC)c(OC)c3)sc2c1.Cl. The maximum absolute atomic E-state index is 13.5. The highest BCUT2D eigenvalue weighted by molar-refractivity contribution is 7.22. The monoisotopic (exact) mass is 577 g/mol. The second-order valence-corrected chi connectivity index (χ2v) is 9.66. The van der Waals surface area contributed by atoms with E-state index in [-0.39, 0.29) is 18.3 Å². The van der Waals surface area contributed by atoms with E-state index in [1.807, 2.05) is 25.1 Å². The lowest BCUT2D eigenvalue weighted by Gasteiger charge is -2.27. The van der Waals surface area contributed by atoms with Crippen LogP contribution in [0.25, 0.3) is 16.3 Å². The molecule has 1 aromatic heterocycles. The third-order valence-corrected chi connectivity index (χ3v) is 7.26. The molecule has 39 heavy (non-hydrogen) atoms. The van der Waals surface area contributed by atoms with E-state index >= 15 is 0 Å². The molecule has 2 heterocycles. The summed E-state index contributed by atoms with van der Waals surface area (Å²) in [4.78, 5) is 22.4. The summed E-state index contributed by atoms with van der Waals surface area (Å²) < 4.78 is 28.4. The van der Waals surface area contributed by atoms with Crippen molar-refractivity contribution in [2.75, 3.05) is 72.2 Å². The Bertz CT molecular complexity index is 1240. The summed E-state index contributed by atoms with van der Waals surface area (Å²) in [6.45, 7) is 7.32. The van der Waals surface area contributed by atoms with Gasteiger partial charge in [0.1, 0.15) is 5.75 Å². The molecule has 0 aliphatic carbocycles. The first kappa shape index (κ1) is 30.5. The fourth-order valence-corrected chi connectivity index (χ4v) is 5.32. The van der Waals surface area contributed by atoms with E-state index in [1.54, 1.807) is 50.5 Å². The lowest BCUT2D eigenvalue weighted by Crippen LogP contribution is -2.39. The van der Waals surface area contributed by atoms with E-state index in [2.05, 4.69) is 4.90 Å². The molecular formula is C28H36ClN3O6S. The van der Waals surface area contributed by atoms with Gasteiger partial charge in [-0.05, 0) is 55.3 Å². The second-order valence-electron chi connectivity index (χ2n) is 8.65. The number of fused-ring (bicyclic) bond motifs is 1. The van der Waals surface area contributed by atoms with Crippen molar-refractivity contribution >= 4 is 51.1 Å². The Balaban J connectivity index is 0.00000420. The molecule has 0 spiro atoms. The summed E-state index contributed by atoms with van der Waals surface area (Å²) in [6.07, 6.45) is 4.14. The highest BCUT2D eigenvalue weighted by atomic mass is 35.5. The number of rotatable bonds is 12. The lowest BCUT2D eigenvalue weighted by atomic mass is 10.1. The van der Waals surface area contributed by atoms with E-state index in [0.29, 0.717) is 35.5 Å². The van der Waals surface area contributed by atoms with Gasteiger partial charge in [0.05, 0.1) is 51.4 Å². The molecule has 0 saturated carbocycles. The number of hydrogen-bond donors (Lipinski definition) is 0. The smallest absolute Gasteiger partial charge is 0.252 e. The number of halogens is 1. The molecule has 0 bridgehead atoms. The maximum atomic E-state index is 13.5. The summed E-state index contributed by atoms with van der Waals surface area (Å²) in [5, 5.41) is 0.662. The maximum Gasteiger partial charge on any atom is 0.252 e. The molecule has 0 N–H and O–H groups in total. The van der Waals surface area contributed by atoms with Crippen LogP contribution in [0.2, 0.25) is 0 Å². The average molecular weight is 578 g/mol. The molecule has 1 saturated heterocycles. The minimum absolute atomic E-state index is 0. The molecule has 0 unspecified atom stereocenters. The van der Waals surface area contributed by atoms with Crippen molar-refractivity contribution in [2.24, 2.45) is 0 Å². The Labute approximate surface area is 239 Å². The van der Waals surface area contributed by atoms with Gasteiger partial charge >= 0.3 is 0 Å². The zero-order valence-electron chi connectivity index (χ0n) is 22.8. The van der Waals surface area contributed by atoms with Crippen LogP contribution in [0.15, 0.2) is 36.4 Å². The number of benzene rings is 2. The van der Waals surface area contributed by atoms with Crippen molar-refractivity contribution in [1.82, 2.24) is 9.88 Å². The zero-order valence-corrected chi connectivity index (χ0v) is 24.4. The van der Waals surface area contributed by atoms with Gasteiger partial charge in [-0.15, -0.1) is 12.4 Å². The third-order valence-electron chi connectivity index (χ3n) is 6.22. The molecule has 9 nitrogen and oxygen atoms in total. The molecule has 4 rings (SSSR count). The Morgan fingerprint density at radius 2 is 1.82 bits per heavy atom. The van der Waals surface area contributed by atoms with Crippen LogP contribution in [0.1, 0.15) is 18.9 Å². The quantitative estimate of drug-likeness (QED) is 0.281.